The van der Waals surface area contributed by atoms with Crippen molar-refractivity contribution in [2.24, 2.45) is 0 Å². The molecule has 162 valence electrons. The van der Waals surface area contributed by atoms with Crippen LogP contribution in [-0.2, 0) is 37.0 Å². The third kappa shape index (κ3) is 3.57. The number of rotatable bonds is 5. The topological polar surface area (TPSA) is 126 Å². The monoisotopic (exact) mass is 430 g/mol. The summed E-state index contributed by atoms with van der Waals surface area (Å²) in [5.41, 5.74) is 5.55. The molecule has 1 amide bonds. The molecule has 0 bridgehead atoms. The molecular formula is C22H22N8O2. The van der Waals surface area contributed by atoms with Gasteiger partial charge in [-0.15, -0.1) is 0 Å². The minimum absolute atomic E-state index is 0.0511. The summed E-state index contributed by atoms with van der Waals surface area (Å²) in [6.07, 6.45) is 5.00. The van der Waals surface area contributed by atoms with Crippen LogP contribution in [0.4, 0.5) is 5.95 Å². The first kappa shape index (κ1) is 18.9. The van der Waals surface area contributed by atoms with E-state index in [0.717, 1.165) is 30.7 Å². The van der Waals surface area contributed by atoms with Crippen LogP contribution in [0.25, 0.3) is 11.2 Å². The standard InChI is InChI=1S/C22H22N8O2/c31-20(30-8-7-16-17(12-30)28-29-27-16)6-5-19-25-21-18(32-19)11-23-22(26-21)24-15-9-13-3-1-2-4-14(13)10-15/h1-4,11,15H,5-10,12H2,(H,23,24,26)(H,27,28,29). The van der Waals surface area contributed by atoms with Crippen LogP contribution in [0.3, 0.4) is 0 Å². The Hall–Kier alpha value is -3.82. The van der Waals surface area contributed by atoms with Crippen molar-refractivity contribution in [2.75, 3.05) is 11.9 Å². The fourth-order valence-corrected chi connectivity index (χ4v) is 4.49. The summed E-state index contributed by atoms with van der Waals surface area (Å²) in [6, 6.07) is 8.75. The Morgan fingerprint density at radius 3 is 2.81 bits per heavy atom. The molecular weight excluding hydrogens is 408 g/mol. The Morgan fingerprint density at radius 2 is 1.97 bits per heavy atom. The van der Waals surface area contributed by atoms with E-state index >= 15 is 0 Å². The average Bonchev–Trinajstić information content (AvgIpc) is 3.53. The SMILES string of the molecule is O=C(CCc1nc2nc(NC3Cc4ccccc4C3)ncc2o1)N1CCc2n[nH]nc2C1. The van der Waals surface area contributed by atoms with E-state index in [4.69, 9.17) is 4.42 Å². The number of nitrogens with zero attached hydrogens (tertiary/aromatic N) is 6. The van der Waals surface area contributed by atoms with Gasteiger partial charge in [0.25, 0.3) is 0 Å². The van der Waals surface area contributed by atoms with E-state index in [1.807, 2.05) is 0 Å². The summed E-state index contributed by atoms with van der Waals surface area (Å²) in [7, 11) is 0. The van der Waals surface area contributed by atoms with Gasteiger partial charge in [-0.25, -0.2) is 4.98 Å². The molecule has 4 heterocycles. The first-order valence-electron chi connectivity index (χ1n) is 10.8. The molecule has 10 heteroatoms. The number of hydrogen-bond acceptors (Lipinski definition) is 8. The first-order valence-corrected chi connectivity index (χ1v) is 10.8. The number of hydrogen-bond donors (Lipinski definition) is 2. The van der Waals surface area contributed by atoms with E-state index in [-0.39, 0.29) is 11.9 Å². The van der Waals surface area contributed by atoms with Gasteiger partial charge < -0.3 is 14.6 Å². The number of carbonyl (C=O) groups excluding carboxylic acids is 1. The fourth-order valence-electron chi connectivity index (χ4n) is 4.49. The van der Waals surface area contributed by atoms with Crippen LogP contribution >= 0.6 is 0 Å². The maximum atomic E-state index is 12.6. The smallest absolute Gasteiger partial charge is 0.225 e. The van der Waals surface area contributed by atoms with Crippen LogP contribution in [0, 0.1) is 0 Å². The molecule has 32 heavy (non-hydrogen) atoms. The van der Waals surface area contributed by atoms with E-state index in [1.165, 1.54) is 11.1 Å². The van der Waals surface area contributed by atoms with Gasteiger partial charge in [0.2, 0.25) is 17.5 Å². The van der Waals surface area contributed by atoms with Gasteiger partial charge in [-0.3, -0.25) is 4.79 Å². The summed E-state index contributed by atoms with van der Waals surface area (Å²) in [5.74, 6) is 1.09. The molecule has 0 saturated heterocycles. The molecule has 10 nitrogen and oxygen atoms in total. The number of benzene rings is 1. The third-order valence-corrected chi connectivity index (χ3v) is 6.15. The van der Waals surface area contributed by atoms with E-state index in [2.05, 4.69) is 59.9 Å². The Morgan fingerprint density at radius 1 is 1.16 bits per heavy atom. The summed E-state index contributed by atoms with van der Waals surface area (Å²) in [5, 5.41) is 14.2. The highest BCUT2D eigenvalue weighted by molar-refractivity contribution is 5.76. The van der Waals surface area contributed by atoms with Gasteiger partial charge in [0.1, 0.15) is 5.69 Å². The largest absolute Gasteiger partial charge is 0.437 e. The molecule has 2 N–H and O–H groups in total. The van der Waals surface area contributed by atoms with Gasteiger partial charge in [0.15, 0.2) is 11.5 Å². The average molecular weight is 430 g/mol. The molecule has 6 rings (SSSR count). The number of aromatic nitrogens is 6. The zero-order valence-corrected chi connectivity index (χ0v) is 17.4. The predicted octanol–water partition coefficient (Wildman–Crippen LogP) is 1.83. The van der Waals surface area contributed by atoms with E-state index in [1.54, 1.807) is 11.1 Å². The van der Waals surface area contributed by atoms with Crippen LogP contribution in [0.5, 0.6) is 0 Å². The van der Waals surface area contributed by atoms with Crippen LogP contribution in [-0.4, -0.2) is 53.8 Å². The number of fused-ring (bicyclic) bond motifs is 3. The molecule has 1 aromatic carbocycles. The van der Waals surface area contributed by atoms with Gasteiger partial charge in [0.05, 0.1) is 18.4 Å². The number of amides is 1. The number of aromatic amines is 1. The maximum Gasteiger partial charge on any atom is 0.225 e. The van der Waals surface area contributed by atoms with Crippen molar-refractivity contribution in [3.63, 3.8) is 0 Å². The fraction of sp³-hybridized carbons (Fsp3) is 0.364. The molecule has 0 saturated carbocycles. The van der Waals surface area contributed by atoms with Crippen molar-refractivity contribution < 1.29 is 9.21 Å². The van der Waals surface area contributed by atoms with Crippen molar-refractivity contribution in [3.8, 4) is 0 Å². The van der Waals surface area contributed by atoms with Gasteiger partial charge >= 0.3 is 0 Å². The number of anilines is 1. The molecule has 0 atom stereocenters. The Balaban J connectivity index is 1.08. The number of oxazole rings is 1. The highest BCUT2D eigenvalue weighted by Crippen LogP contribution is 2.24. The summed E-state index contributed by atoms with van der Waals surface area (Å²) in [6.45, 7) is 1.14. The minimum atomic E-state index is 0.0511. The third-order valence-electron chi connectivity index (χ3n) is 6.15. The van der Waals surface area contributed by atoms with E-state index < -0.39 is 0 Å². The number of nitrogens with one attached hydrogen (secondary N) is 2. The molecule has 0 spiro atoms. The van der Waals surface area contributed by atoms with Crippen molar-refractivity contribution in [1.82, 2.24) is 35.3 Å². The highest BCUT2D eigenvalue weighted by atomic mass is 16.3. The lowest BCUT2D eigenvalue weighted by atomic mass is 10.1. The number of H-pyrrole nitrogens is 1. The zero-order valence-electron chi connectivity index (χ0n) is 17.4. The van der Waals surface area contributed by atoms with E-state index in [0.29, 0.717) is 49.0 Å². The maximum absolute atomic E-state index is 12.6. The zero-order chi connectivity index (χ0) is 21.5. The predicted molar refractivity (Wildman–Crippen MR) is 115 cm³/mol. The molecule has 1 aliphatic carbocycles. The van der Waals surface area contributed by atoms with Crippen molar-refractivity contribution in [2.45, 2.75) is 44.7 Å². The highest BCUT2D eigenvalue weighted by Gasteiger charge is 2.24. The van der Waals surface area contributed by atoms with Gasteiger partial charge in [-0.05, 0) is 24.0 Å². The van der Waals surface area contributed by atoms with Crippen LogP contribution in [0.15, 0.2) is 34.9 Å². The molecule has 4 aromatic rings. The molecule has 3 aromatic heterocycles. The van der Waals surface area contributed by atoms with Gasteiger partial charge in [0, 0.05) is 31.8 Å². The molecule has 0 radical (unpaired) electrons. The van der Waals surface area contributed by atoms with Crippen molar-refractivity contribution >= 4 is 23.1 Å². The normalized spacial score (nSPS) is 15.7. The Kier molecular flexibility index (Phi) is 4.55. The molecule has 0 unspecified atom stereocenters. The van der Waals surface area contributed by atoms with Crippen molar-refractivity contribution in [1.29, 1.82) is 0 Å². The second-order valence-corrected chi connectivity index (χ2v) is 8.29. The lowest BCUT2D eigenvalue weighted by Gasteiger charge is -2.25. The molecule has 1 aliphatic heterocycles. The second-order valence-electron chi connectivity index (χ2n) is 8.29. The number of carbonyl (C=O) groups is 1. The van der Waals surface area contributed by atoms with Gasteiger partial charge in [-0.1, -0.05) is 24.3 Å². The van der Waals surface area contributed by atoms with Crippen molar-refractivity contribution in [3.05, 3.63) is 58.9 Å². The van der Waals surface area contributed by atoms with E-state index in [9.17, 15) is 4.79 Å². The summed E-state index contributed by atoms with van der Waals surface area (Å²) >= 11 is 0. The Labute approximate surface area is 183 Å². The van der Waals surface area contributed by atoms with Crippen LogP contribution < -0.4 is 5.32 Å². The quantitative estimate of drug-likeness (QED) is 0.491. The lowest BCUT2D eigenvalue weighted by molar-refractivity contribution is -0.132. The molecule has 0 fully saturated rings. The lowest BCUT2D eigenvalue weighted by Crippen LogP contribution is -2.36. The number of aryl methyl sites for hydroxylation is 1. The first-order chi connectivity index (χ1) is 15.7. The summed E-state index contributed by atoms with van der Waals surface area (Å²) < 4.78 is 5.76. The van der Waals surface area contributed by atoms with Gasteiger partial charge in [-0.2, -0.15) is 25.4 Å². The minimum Gasteiger partial charge on any atom is -0.437 e. The van der Waals surface area contributed by atoms with Crippen LogP contribution in [0.1, 0.15) is 34.8 Å². The Bertz CT molecular complexity index is 1270. The second kappa shape index (κ2) is 7.70. The van der Waals surface area contributed by atoms with Crippen LogP contribution in [0.2, 0.25) is 0 Å². The summed E-state index contributed by atoms with van der Waals surface area (Å²) in [4.78, 5) is 27.8. The molecule has 2 aliphatic rings.